The molecule has 0 bridgehead atoms. The molecule has 1 aromatic rings. The van der Waals surface area contributed by atoms with Crippen LogP contribution in [0.3, 0.4) is 0 Å². The van der Waals surface area contributed by atoms with E-state index in [0.717, 1.165) is 39.1 Å². The first kappa shape index (κ1) is 20.6. The smallest absolute Gasteiger partial charge is 0.246 e. The third-order valence-corrected chi connectivity index (χ3v) is 7.46. The van der Waals surface area contributed by atoms with Crippen molar-refractivity contribution in [1.82, 2.24) is 9.21 Å². The second kappa shape index (κ2) is 8.47. The van der Waals surface area contributed by atoms with Crippen molar-refractivity contribution in [2.24, 2.45) is 11.3 Å². The number of nitrogens with zero attached hydrogens (tertiary/aromatic N) is 2. The van der Waals surface area contributed by atoms with Gasteiger partial charge in [-0.2, -0.15) is 4.31 Å². The van der Waals surface area contributed by atoms with E-state index in [1.165, 1.54) is 0 Å². The van der Waals surface area contributed by atoms with E-state index in [1.807, 2.05) is 6.07 Å². The highest BCUT2D eigenvalue weighted by Gasteiger charge is 2.42. The fourth-order valence-corrected chi connectivity index (χ4v) is 5.85. The summed E-state index contributed by atoms with van der Waals surface area (Å²) in [6.45, 7) is 9.30. The van der Waals surface area contributed by atoms with Crippen molar-refractivity contribution in [3.8, 4) is 5.75 Å². The predicted octanol–water partition coefficient (Wildman–Crippen LogP) is 2.45. The number of para-hydroxylation sites is 1. The minimum atomic E-state index is -3.57. The Morgan fingerprint density at radius 3 is 2.59 bits per heavy atom. The first-order valence-electron chi connectivity index (χ1n) is 9.80. The number of methoxy groups -OCH3 is 1. The van der Waals surface area contributed by atoms with E-state index in [0.29, 0.717) is 25.4 Å². The van der Waals surface area contributed by atoms with Crippen molar-refractivity contribution in [3.63, 3.8) is 0 Å². The fraction of sp³-hybridized carbons (Fsp3) is 0.700. The summed E-state index contributed by atoms with van der Waals surface area (Å²) in [5, 5.41) is 0. The van der Waals surface area contributed by atoms with Gasteiger partial charge in [0.2, 0.25) is 10.0 Å². The summed E-state index contributed by atoms with van der Waals surface area (Å²) in [6, 6.07) is 7.03. The molecule has 0 saturated carbocycles. The number of likely N-dealkylation sites (tertiary alicyclic amines) is 1. The highest BCUT2D eigenvalue weighted by atomic mass is 32.2. The third kappa shape index (κ3) is 4.65. The van der Waals surface area contributed by atoms with Crippen LogP contribution in [0.15, 0.2) is 29.2 Å². The molecule has 2 aliphatic rings. The van der Waals surface area contributed by atoms with Gasteiger partial charge in [0.25, 0.3) is 0 Å². The van der Waals surface area contributed by atoms with Crippen molar-refractivity contribution in [2.75, 3.05) is 53.0 Å². The van der Waals surface area contributed by atoms with E-state index in [4.69, 9.17) is 9.47 Å². The highest BCUT2D eigenvalue weighted by Crippen LogP contribution is 2.39. The van der Waals surface area contributed by atoms with Crippen LogP contribution >= 0.6 is 0 Å². The van der Waals surface area contributed by atoms with Gasteiger partial charge in [0, 0.05) is 32.2 Å². The molecule has 0 atom stereocenters. The van der Waals surface area contributed by atoms with Crippen molar-refractivity contribution < 1.29 is 17.9 Å². The first-order valence-corrected chi connectivity index (χ1v) is 11.2. The zero-order valence-corrected chi connectivity index (χ0v) is 17.5. The quantitative estimate of drug-likeness (QED) is 0.765. The topological polar surface area (TPSA) is 59.1 Å². The van der Waals surface area contributed by atoms with Crippen LogP contribution in [-0.2, 0) is 14.8 Å². The maximum Gasteiger partial charge on any atom is 0.246 e. The number of hydrogen-bond acceptors (Lipinski definition) is 5. The van der Waals surface area contributed by atoms with E-state index in [-0.39, 0.29) is 16.2 Å². The van der Waals surface area contributed by atoms with Gasteiger partial charge in [-0.1, -0.05) is 26.0 Å². The van der Waals surface area contributed by atoms with Gasteiger partial charge < -0.3 is 14.4 Å². The Balaban J connectivity index is 1.87. The Labute approximate surface area is 163 Å². The molecule has 152 valence electrons. The molecule has 27 heavy (non-hydrogen) atoms. The SMILES string of the molecule is COCCN1CCC2(CC1)COc1ccccc1S(=O)(=O)N(CC(C)C)C2. The van der Waals surface area contributed by atoms with Crippen LogP contribution in [0.2, 0.25) is 0 Å². The average Bonchev–Trinajstić information content (AvgIpc) is 2.65. The number of benzene rings is 1. The van der Waals surface area contributed by atoms with Crippen LogP contribution in [0.4, 0.5) is 0 Å². The molecule has 7 heteroatoms. The molecule has 0 aliphatic carbocycles. The van der Waals surface area contributed by atoms with E-state index < -0.39 is 10.0 Å². The van der Waals surface area contributed by atoms with Crippen LogP contribution in [0.25, 0.3) is 0 Å². The Morgan fingerprint density at radius 1 is 1.22 bits per heavy atom. The summed E-state index contributed by atoms with van der Waals surface area (Å²) >= 11 is 0. The second-order valence-electron chi connectivity index (χ2n) is 8.26. The van der Waals surface area contributed by atoms with Crippen LogP contribution in [0.1, 0.15) is 26.7 Å². The van der Waals surface area contributed by atoms with Gasteiger partial charge in [-0.15, -0.1) is 0 Å². The Morgan fingerprint density at radius 2 is 1.93 bits per heavy atom. The van der Waals surface area contributed by atoms with Gasteiger partial charge >= 0.3 is 0 Å². The lowest BCUT2D eigenvalue weighted by Crippen LogP contribution is -2.52. The van der Waals surface area contributed by atoms with Gasteiger partial charge in [-0.05, 0) is 44.0 Å². The second-order valence-corrected chi connectivity index (χ2v) is 10.2. The average molecular weight is 397 g/mol. The number of ether oxygens (including phenoxy) is 2. The van der Waals surface area contributed by atoms with Crippen LogP contribution in [0.5, 0.6) is 5.75 Å². The van der Waals surface area contributed by atoms with Gasteiger partial charge in [0.15, 0.2) is 0 Å². The van der Waals surface area contributed by atoms with Crippen molar-refractivity contribution in [1.29, 1.82) is 0 Å². The minimum Gasteiger partial charge on any atom is -0.492 e. The van der Waals surface area contributed by atoms with E-state index in [2.05, 4.69) is 18.7 Å². The van der Waals surface area contributed by atoms with Crippen LogP contribution < -0.4 is 4.74 Å². The summed E-state index contributed by atoms with van der Waals surface area (Å²) in [7, 11) is -1.84. The molecule has 1 saturated heterocycles. The maximum atomic E-state index is 13.4. The molecular formula is C20H32N2O4S. The Hall–Kier alpha value is -1.15. The van der Waals surface area contributed by atoms with Gasteiger partial charge in [0.05, 0.1) is 13.2 Å². The van der Waals surface area contributed by atoms with Gasteiger partial charge in [-0.25, -0.2) is 8.42 Å². The zero-order valence-electron chi connectivity index (χ0n) is 16.7. The molecule has 6 nitrogen and oxygen atoms in total. The lowest BCUT2D eigenvalue weighted by Gasteiger charge is -2.45. The molecule has 1 fully saturated rings. The van der Waals surface area contributed by atoms with E-state index >= 15 is 0 Å². The van der Waals surface area contributed by atoms with Crippen LogP contribution in [0, 0.1) is 11.3 Å². The van der Waals surface area contributed by atoms with Crippen molar-refractivity contribution in [3.05, 3.63) is 24.3 Å². The van der Waals surface area contributed by atoms with Gasteiger partial charge in [0.1, 0.15) is 10.6 Å². The van der Waals surface area contributed by atoms with E-state index in [1.54, 1.807) is 29.6 Å². The lowest BCUT2D eigenvalue weighted by molar-refractivity contribution is 0.0256. The third-order valence-electron chi connectivity index (χ3n) is 5.61. The molecule has 1 spiro atoms. The Kier molecular flexibility index (Phi) is 6.46. The number of rotatable bonds is 5. The van der Waals surface area contributed by atoms with E-state index in [9.17, 15) is 8.42 Å². The molecule has 0 N–H and O–H groups in total. The number of sulfonamides is 1. The molecular weight excluding hydrogens is 364 g/mol. The standard InChI is InChI=1S/C20H32N2O4S/c1-17(2)14-22-15-20(8-10-21(11-9-20)12-13-25-3)16-26-18-6-4-5-7-19(18)27(22,23)24/h4-7,17H,8-16H2,1-3H3. The summed E-state index contributed by atoms with van der Waals surface area (Å²) in [5.41, 5.74) is -0.140. The molecule has 2 heterocycles. The normalized spacial score (nSPS) is 22.8. The minimum absolute atomic E-state index is 0.140. The number of fused-ring (bicyclic) bond motifs is 1. The van der Waals surface area contributed by atoms with Crippen LogP contribution in [-0.4, -0.2) is 70.7 Å². The summed E-state index contributed by atoms with van der Waals surface area (Å²) in [4.78, 5) is 2.68. The first-order chi connectivity index (χ1) is 12.9. The summed E-state index contributed by atoms with van der Waals surface area (Å²) < 4.78 is 39.7. The maximum absolute atomic E-state index is 13.4. The predicted molar refractivity (Wildman–Crippen MR) is 106 cm³/mol. The fourth-order valence-electron chi connectivity index (χ4n) is 4.00. The number of piperidine rings is 1. The Bertz CT molecular complexity index is 727. The largest absolute Gasteiger partial charge is 0.492 e. The molecule has 0 aromatic heterocycles. The summed E-state index contributed by atoms with van der Waals surface area (Å²) in [6.07, 6.45) is 1.87. The molecule has 2 aliphatic heterocycles. The van der Waals surface area contributed by atoms with Crippen molar-refractivity contribution >= 4 is 10.0 Å². The molecule has 1 aromatic carbocycles. The molecule has 0 radical (unpaired) electrons. The molecule has 0 amide bonds. The number of hydrogen-bond donors (Lipinski definition) is 0. The monoisotopic (exact) mass is 396 g/mol. The zero-order chi connectivity index (χ0) is 19.5. The molecule has 0 unspecified atom stereocenters. The lowest BCUT2D eigenvalue weighted by atomic mass is 9.78. The van der Waals surface area contributed by atoms with Crippen molar-refractivity contribution in [2.45, 2.75) is 31.6 Å². The highest BCUT2D eigenvalue weighted by molar-refractivity contribution is 7.89. The van der Waals surface area contributed by atoms with Gasteiger partial charge in [-0.3, -0.25) is 0 Å². The molecule has 3 rings (SSSR count). The summed E-state index contributed by atoms with van der Waals surface area (Å²) in [5.74, 6) is 0.748.